The average molecular weight is 502 g/mol. The number of hydrogen-bond acceptors (Lipinski definition) is 6. The molecular weight excluding hydrogens is 475 g/mol. The number of carbonyl (C=O) groups excluding carboxylic acids is 1. The monoisotopic (exact) mass is 501 g/mol. The molecule has 0 unspecified atom stereocenters. The highest BCUT2D eigenvalue weighted by Gasteiger charge is 2.48. The number of anilines is 1. The number of amides is 1. The van der Waals surface area contributed by atoms with Gasteiger partial charge in [-0.25, -0.2) is 23.1 Å². The van der Waals surface area contributed by atoms with Crippen LogP contribution in [0.3, 0.4) is 0 Å². The number of aromatic nitrogens is 3. The van der Waals surface area contributed by atoms with Crippen LogP contribution in [-0.4, -0.2) is 51.1 Å². The van der Waals surface area contributed by atoms with Crippen LogP contribution in [0.15, 0.2) is 35.4 Å². The lowest BCUT2D eigenvalue weighted by atomic mass is 9.74. The summed E-state index contributed by atoms with van der Waals surface area (Å²) in [6.45, 7) is 5.34. The Balaban J connectivity index is 1.50. The first-order chi connectivity index (χ1) is 17.1. The van der Waals surface area contributed by atoms with Crippen molar-refractivity contribution in [3.05, 3.63) is 63.5 Å². The smallest absolute Gasteiger partial charge is 0.266 e. The highest BCUT2D eigenvalue weighted by atomic mass is 19.3. The number of aryl methyl sites for hydroxylation is 1. The number of likely N-dealkylation sites (tertiary alicyclic amines) is 1. The first-order valence-corrected chi connectivity index (χ1v) is 11.7. The van der Waals surface area contributed by atoms with Crippen molar-refractivity contribution in [2.45, 2.75) is 38.8 Å². The van der Waals surface area contributed by atoms with Gasteiger partial charge in [0.1, 0.15) is 29.2 Å². The molecule has 3 atom stereocenters. The van der Waals surface area contributed by atoms with E-state index in [-0.39, 0.29) is 34.1 Å². The Bertz CT molecular complexity index is 1410. The number of nitrogens with one attached hydrogen (secondary N) is 1. The zero-order valence-electron chi connectivity index (χ0n) is 20.1. The van der Waals surface area contributed by atoms with Gasteiger partial charge in [0, 0.05) is 31.1 Å². The minimum absolute atomic E-state index is 0.0377. The number of nitrogens with zero attached hydrogens (tertiary/aromatic N) is 4. The molecular formula is C25H26F3N5O3. The summed E-state index contributed by atoms with van der Waals surface area (Å²) in [7, 11) is 1.51. The minimum Gasteiger partial charge on any atom is -0.375 e. The first kappa shape index (κ1) is 24.2. The number of fused-ring (bicyclic) bond motifs is 2. The Morgan fingerprint density at radius 2 is 2.03 bits per heavy atom. The lowest BCUT2D eigenvalue weighted by Gasteiger charge is -2.52. The summed E-state index contributed by atoms with van der Waals surface area (Å²) in [5.41, 5.74) is -0.845. The minimum atomic E-state index is -2.95. The molecule has 4 heterocycles. The van der Waals surface area contributed by atoms with Gasteiger partial charge in [0.25, 0.3) is 17.9 Å². The van der Waals surface area contributed by atoms with Gasteiger partial charge >= 0.3 is 0 Å². The third-order valence-corrected chi connectivity index (χ3v) is 7.37. The second kappa shape index (κ2) is 8.88. The molecule has 11 heteroatoms. The molecule has 0 bridgehead atoms. The number of ether oxygens (including phenoxy) is 1. The Morgan fingerprint density at radius 3 is 2.69 bits per heavy atom. The second-order valence-corrected chi connectivity index (χ2v) is 9.75. The largest absolute Gasteiger partial charge is 0.375 e. The molecule has 3 aromatic rings. The number of pyridine rings is 1. The molecule has 5 rings (SSSR count). The van der Waals surface area contributed by atoms with E-state index in [1.165, 1.54) is 36.1 Å². The van der Waals surface area contributed by atoms with E-state index in [2.05, 4.69) is 22.2 Å². The molecule has 36 heavy (non-hydrogen) atoms. The number of piperidine rings is 1. The summed E-state index contributed by atoms with van der Waals surface area (Å²) in [6, 6.07) is 4.53. The number of hydrogen-bond donors (Lipinski definition) is 1. The Labute approximate surface area is 205 Å². The lowest BCUT2D eigenvalue weighted by Crippen LogP contribution is -2.61. The van der Waals surface area contributed by atoms with E-state index in [1.807, 2.05) is 0 Å². The van der Waals surface area contributed by atoms with Crippen molar-refractivity contribution in [2.24, 2.45) is 12.5 Å². The molecule has 190 valence electrons. The average Bonchev–Trinajstić information content (AvgIpc) is 2.84. The van der Waals surface area contributed by atoms with E-state index in [1.54, 1.807) is 11.8 Å². The van der Waals surface area contributed by atoms with E-state index in [0.29, 0.717) is 25.1 Å². The fourth-order valence-electron chi connectivity index (χ4n) is 4.92. The van der Waals surface area contributed by atoms with Crippen molar-refractivity contribution in [1.29, 1.82) is 0 Å². The third-order valence-electron chi connectivity index (χ3n) is 7.37. The SMILES string of the molecule is C[C@@H](Nc1ncnc2c1cc(C(=O)N1CC[C@]3(C)CO[C@@H]3C1)c(=O)n2C)c1cccc(C(F)F)c1F. The molecule has 1 amide bonds. The molecule has 0 saturated carbocycles. The van der Waals surface area contributed by atoms with Crippen molar-refractivity contribution >= 4 is 22.8 Å². The van der Waals surface area contributed by atoms with E-state index in [0.717, 1.165) is 12.5 Å². The normalized spacial score (nSPS) is 22.3. The van der Waals surface area contributed by atoms with E-state index in [4.69, 9.17) is 4.74 Å². The number of carbonyl (C=O) groups is 1. The Morgan fingerprint density at radius 1 is 1.28 bits per heavy atom. The molecule has 2 aromatic heterocycles. The molecule has 2 saturated heterocycles. The summed E-state index contributed by atoms with van der Waals surface area (Å²) in [4.78, 5) is 36.5. The van der Waals surface area contributed by atoms with Crippen molar-refractivity contribution < 1.29 is 22.7 Å². The Hall–Kier alpha value is -3.47. The van der Waals surface area contributed by atoms with Gasteiger partial charge in [0.2, 0.25) is 0 Å². The van der Waals surface area contributed by atoms with Crippen LogP contribution in [0.5, 0.6) is 0 Å². The predicted molar refractivity (Wildman–Crippen MR) is 127 cm³/mol. The summed E-state index contributed by atoms with van der Waals surface area (Å²) < 4.78 is 48.0. The van der Waals surface area contributed by atoms with E-state index < -0.39 is 35.3 Å². The van der Waals surface area contributed by atoms with Gasteiger partial charge in [-0.2, -0.15) is 0 Å². The molecule has 0 aliphatic carbocycles. The topological polar surface area (TPSA) is 89.4 Å². The van der Waals surface area contributed by atoms with Crippen LogP contribution in [0.25, 0.3) is 11.0 Å². The molecule has 1 N–H and O–H groups in total. The van der Waals surface area contributed by atoms with Crippen LogP contribution in [0.4, 0.5) is 19.0 Å². The molecule has 2 aliphatic heterocycles. The fraction of sp³-hybridized carbons (Fsp3) is 0.440. The number of halogens is 3. The van der Waals surface area contributed by atoms with Gasteiger partial charge in [0.05, 0.1) is 29.7 Å². The van der Waals surface area contributed by atoms with Crippen LogP contribution in [0.2, 0.25) is 0 Å². The van der Waals surface area contributed by atoms with Crippen LogP contribution < -0.4 is 10.9 Å². The quantitative estimate of drug-likeness (QED) is 0.572. The predicted octanol–water partition coefficient (Wildman–Crippen LogP) is 3.83. The molecule has 8 nitrogen and oxygen atoms in total. The van der Waals surface area contributed by atoms with Crippen molar-refractivity contribution in [3.63, 3.8) is 0 Å². The van der Waals surface area contributed by atoms with E-state index in [9.17, 15) is 22.8 Å². The third kappa shape index (κ3) is 3.91. The maximum atomic E-state index is 14.7. The maximum absolute atomic E-state index is 14.7. The number of alkyl halides is 2. The van der Waals surface area contributed by atoms with Gasteiger partial charge in [-0.1, -0.05) is 25.1 Å². The summed E-state index contributed by atoms with van der Waals surface area (Å²) in [6.07, 6.45) is -0.976. The molecule has 1 aromatic carbocycles. The van der Waals surface area contributed by atoms with Crippen molar-refractivity contribution in [2.75, 3.05) is 25.0 Å². The van der Waals surface area contributed by atoms with Crippen LogP contribution >= 0.6 is 0 Å². The van der Waals surface area contributed by atoms with Gasteiger partial charge in [0.15, 0.2) is 0 Å². The van der Waals surface area contributed by atoms with Crippen molar-refractivity contribution in [1.82, 2.24) is 19.4 Å². The van der Waals surface area contributed by atoms with Gasteiger partial charge in [-0.05, 0) is 19.4 Å². The zero-order valence-corrected chi connectivity index (χ0v) is 20.1. The molecule has 2 aliphatic rings. The molecule has 2 fully saturated rings. The van der Waals surface area contributed by atoms with E-state index >= 15 is 0 Å². The van der Waals surface area contributed by atoms with Crippen LogP contribution in [-0.2, 0) is 11.8 Å². The number of benzene rings is 1. The van der Waals surface area contributed by atoms with Crippen LogP contribution in [0, 0.1) is 11.2 Å². The summed E-state index contributed by atoms with van der Waals surface area (Å²) in [5.74, 6) is -1.16. The Kier molecular flexibility index (Phi) is 5.98. The van der Waals surface area contributed by atoms with Crippen molar-refractivity contribution in [3.8, 4) is 0 Å². The fourth-order valence-corrected chi connectivity index (χ4v) is 4.92. The van der Waals surface area contributed by atoms with Gasteiger partial charge < -0.3 is 15.0 Å². The second-order valence-electron chi connectivity index (χ2n) is 9.75. The highest BCUT2D eigenvalue weighted by molar-refractivity contribution is 5.99. The molecule has 0 spiro atoms. The maximum Gasteiger partial charge on any atom is 0.266 e. The number of rotatable bonds is 5. The van der Waals surface area contributed by atoms with Gasteiger partial charge in [-0.15, -0.1) is 0 Å². The first-order valence-electron chi connectivity index (χ1n) is 11.7. The summed E-state index contributed by atoms with van der Waals surface area (Å²) >= 11 is 0. The zero-order chi connectivity index (χ0) is 25.8. The lowest BCUT2D eigenvalue weighted by molar-refractivity contribution is -0.203. The van der Waals surface area contributed by atoms with Gasteiger partial charge in [-0.3, -0.25) is 14.2 Å². The highest BCUT2D eigenvalue weighted by Crippen LogP contribution is 2.41. The summed E-state index contributed by atoms with van der Waals surface area (Å²) in [5, 5.41) is 3.41. The standard InChI is InChI=1S/C25H26F3N5O3/c1-13(14-5-4-6-15(19(14)26)20(27)28)31-21-16-9-17(23(34)32(3)22(16)30-12-29-21)24(35)33-8-7-25(2)11-36-18(25)10-33/h4-6,9,12-13,18,20H,7-8,10-11H2,1-3H3,(H,29,30,31)/t13-,18-,25-/m1/s1. The molecule has 0 radical (unpaired) electrons. The van der Waals surface area contributed by atoms with Crippen LogP contribution in [0.1, 0.15) is 54.2 Å².